The van der Waals surface area contributed by atoms with E-state index in [1.807, 2.05) is 0 Å². The number of benzene rings is 2. The predicted molar refractivity (Wildman–Crippen MR) is 114 cm³/mol. The van der Waals surface area contributed by atoms with Gasteiger partial charge in [0.1, 0.15) is 10.7 Å². The molecule has 9 heteroatoms. The fraction of sp³-hybridized carbons (Fsp3) is 0.182. The van der Waals surface area contributed by atoms with Crippen molar-refractivity contribution in [2.24, 2.45) is 0 Å². The normalized spacial score (nSPS) is 13.5. The quantitative estimate of drug-likeness (QED) is 0.517. The Bertz CT molecular complexity index is 1090. The third-order valence-corrected chi connectivity index (χ3v) is 4.64. The predicted octanol–water partition coefficient (Wildman–Crippen LogP) is 3.48. The van der Waals surface area contributed by atoms with E-state index in [9.17, 15) is 19.2 Å². The lowest BCUT2D eigenvalue weighted by Gasteiger charge is -2.16. The van der Waals surface area contributed by atoms with Gasteiger partial charge in [0.15, 0.2) is 0 Å². The van der Waals surface area contributed by atoms with Gasteiger partial charge in [-0.25, -0.2) is 14.5 Å². The van der Waals surface area contributed by atoms with Crippen LogP contribution < -0.4 is 10.2 Å². The fourth-order valence-corrected chi connectivity index (χ4v) is 3.13. The molecule has 1 aliphatic heterocycles. The van der Waals surface area contributed by atoms with Crippen LogP contribution in [0.2, 0.25) is 0 Å². The summed E-state index contributed by atoms with van der Waals surface area (Å²) in [6.45, 7) is 3.78. The Kier molecular flexibility index (Phi) is 6.71. The molecule has 0 unspecified atom stereocenters. The molecule has 0 aromatic heterocycles. The number of imide groups is 1. The van der Waals surface area contributed by atoms with Gasteiger partial charge in [-0.1, -0.05) is 23.7 Å². The van der Waals surface area contributed by atoms with Crippen LogP contribution in [0.4, 0.5) is 11.4 Å². The van der Waals surface area contributed by atoms with Crippen LogP contribution in [0.15, 0.2) is 59.3 Å². The molecular formula is C22H19ClN2O6. The maximum absolute atomic E-state index is 13.0. The Morgan fingerprint density at radius 3 is 2.10 bits per heavy atom. The molecule has 0 radical (unpaired) electrons. The summed E-state index contributed by atoms with van der Waals surface area (Å²) >= 11 is 6.14. The van der Waals surface area contributed by atoms with Gasteiger partial charge >= 0.3 is 11.9 Å². The van der Waals surface area contributed by atoms with Crippen molar-refractivity contribution in [2.75, 3.05) is 23.4 Å². The number of amides is 2. The third kappa shape index (κ3) is 4.59. The van der Waals surface area contributed by atoms with Crippen LogP contribution in [0.25, 0.3) is 0 Å². The molecule has 0 saturated carbocycles. The zero-order chi connectivity index (χ0) is 22.5. The number of hydrogen-bond acceptors (Lipinski definition) is 7. The van der Waals surface area contributed by atoms with E-state index in [-0.39, 0.29) is 40.8 Å². The van der Waals surface area contributed by atoms with Crippen molar-refractivity contribution in [2.45, 2.75) is 13.8 Å². The van der Waals surface area contributed by atoms with E-state index in [1.54, 1.807) is 32.0 Å². The summed E-state index contributed by atoms with van der Waals surface area (Å²) in [7, 11) is 0. The standard InChI is InChI=1S/C22H19ClN2O6/c1-3-30-21(28)13-7-5-9-15(11-13)24-18-17(23)19(26)25(20(18)27)16-10-6-8-14(12-16)22(29)31-4-2/h5-12,24H,3-4H2,1-2H3. The average Bonchev–Trinajstić information content (AvgIpc) is 2.97. The smallest absolute Gasteiger partial charge is 0.338 e. The maximum Gasteiger partial charge on any atom is 0.338 e. The van der Waals surface area contributed by atoms with Gasteiger partial charge in [0.05, 0.1) is 30.0 Å². The molecule has 8 nitrogen and oxygen atoms in total. The van der Waals surface area contributed by atoms with Crippen molar-refractivity contribution in [3.63, 3.8) is 0 Å². The molecule has 0 atom stereocenters. The van der Waals surface area contributed by atoms with Gasteiger partial charge in [0.25, 0.3) is 11.8 Å². The molecule has 2 aromatic rings. The lowest BCUT2D eigenvalue weighted by Crippen LogP contribution is -2.32. The monoisotopic (exact) mass is 442 g/mol. The number of rotatable bonds is 7. The summed E-state index contributed by atoms with van der Waals surface area (Å²) in [5.74, 6) is -2.52. The number of nitrogens with one attached hydrogen (secondary N) is 1. The number of carbonyl (C=O) groups excluding carboxylic acids is 4. The number of halogens is 1. The van der Waals surface area contributed by atoms with Crippen LogP contribution in [-0.2, 0) is 19.1 Å². The third-order valence-electron chi connectivity index (χ3n) is 4.29. The first-order valence-corrected chi connectivity index (χ1v) is 9.85. The second-order valence-corrected chi connectivity index (χ2v) is 6.71. The van der Waals surface area contributed by atoms with Gasteiger partial charge in [-0.2, -0.15) is 0 Å². The van der Waals surface area contributed by atoms with Crippen molar-refractivity contribution in [3.8, 4) is 0 Å². The summed E-state index contributed by atoms with van der Waals surface area (Å²) in [6.07, 6.45) is 0. The second kappa shape index (κ2) is 9.44. The minimum absolute atomic E-state index is 0.144. The number of nitrogens with zero attached hydrogens (tertiary/aromatic N) is 1. The minimum Gasteiger partial charge on any atom is -0.462 e. The first kappa shape index (κ1) is 22.0. The van der Waals surface area contributed by atoms with E-state index in [4.69, 9.17) is 21.1 Å². The molecule has 0 fully saturated rings. The lowest BCUT2D eigenvalue weighted by molar-refractivity contribution is -0.120. The van der Waals surface area contributed by atoms with E-state index in [1.165, 1.54) is 30.3 Å². The molecule has 0 aliphatic carbocycles. The summed E-state index contributed by atoms with van der Waals surface area (Å²) in [4.78, 5) is 50.4. The molecular weight excluding hydrogens is 424 g/mol. The largest absolute Gasteiger partial charge is 0.462 e. The van der Waals surface area contributed by atoms with Gasteiger partial charge in [0.2, 0.25) is 0 Å². The van der Waals surface area contributed by atoms with Crippen molar-refractivity contribution in [1.82, 2.24) is 0 Å². The highest BCUT2D eigenvalue weighted by Crippen LogP contribution is 2.30. The first-order valence-electron chi connectivity index (χ1n) is 9.47. The Labute approximate surface area is 183 Å². The zero-order valence-corrected chi connectivity index (χ0v) is 17.6. The highest BCUT2D eigenvalue weighted by atomic mass is 35.5. The van der Waals surface area contributed by atoms with Crippen LogP contribution in [0, 0.1) is 0 Å². The van der Waals surface area contributed by atoms with Gasteiger partial charge < -0.3 is 14.8 Å². The number of hydrogen-bond donors (Lipinski definition) is 1. The van der Waals surface area contributed by atoms with Crippen LogP contribution in [-0.4, -0.2) is 37.0 Å². The highest BCUT2D eigenvalue weighted by Gasteiger charge is 2.39. The zero-order valence-electron chi connectivity index (χ0n) is 16.8. The van der Waals surface area contributed by atoms with Crippen LogP contribution in [0.5, 0.6) is 0 Å². The Balaban J connectivity index is 1.86. The maximum atomic E-state index is 13.0. The van der Waals surface area contributed by atoms with E-state index in [2.05, 4.69) is 5.32 Å². The van der Waals surface area contributed by atoms with Gasteiger partial charge in [-0.05, 0) is 50.2 Å². The molecule has 0 bridgehead atoms. The van der Waals surface area contributed by atoms with E-state index in [0.29, 0.717) is 5.69 Å². The van der Waals surface area contributed by atoms with E-state index >= 15 is 0 Å². The first-order chi connectivity index (χ1) is 14.9. The molecule has 1 aliphatic rings. The molecule has 2 aromatic carbocycles. The molecule has 0 spiro atoms. The molecule has 31 heavy (non-hydrogen) atoms. The Hall–Kier alpha value is -3.65. The topological polar surface area (TPSA) is 102 Å². The number of anilines is 2. The van der Waals surface area contributed by atoms with Crippen molar-refractivity contribution < 1.29 is 28.7 Å². The number of carbonyl (C=O) groups is 4. The van der Waals surface area contributed by atoms with Crippen molar-refractivity contribution in [3.05, 3.63) is 70.4 Å². The second-order valence-electron chi connectivity index (χ2n) is 6.33. The number of ether oxygens (including phenoxy) is 2. The molecule has 1 N–H and O–H groups in total. The Morgan fingerprint density at radius 2 is 1.48 bits per heavy atom. The molecule has 1 heterocycles. The molecule has 3 rings (SSSR count). The molecule has 2 amide bonds. The van der Waals surface area contributed by atoms with Crippen LogP contribution in [0.3, 0.4) is 0 Å². The van der Waals surface area contributed by atoms with Crippen molar-refractivity contribution >= 4 is 46.7 Å². The lowest BCUT2D eigenvalue weighted by atomic mass is 10.2. The van der Waals surface area contributed by atoms with Gasteiger partial charge in [-0.3, -0.25) is 9.59 Å². The SMILES string of the molecule is CCOC(=O)c1cccc(NC2=C(Cl)C(=O)N(c3cccc(C(=O)OCC)c3)C2=O)c1. The van der Waals surface area contributed by atoms with E-state index < -0.39 is 23.8 Å². The molecule has 0 saturated heterocycles. The van der Waals surface area contributed by atoms with Gasteiger partial charge in [-0.15, -0.1) is 0 Å². The van der Waals surface area contributed by atoms with Crippen molar-refractivity contribution in [1.29, 1.82) is 0 Å². The minimum atomic E-state index is -0.739. The fourth-order valence-electron chi connectivity index (χ4n) is 2.91. The summed E-state index contributed by atoms with van der Waals surface area (Å²) in [5, 5.41) is 2.49. The summed E-state index contributed by atoms with van der Waals surface area (Å²) < 4.78 is 9.92. The van der Waals surface area contributed by atoms with Gasteiger partial charge in [0, 0.05) is 5.69 Å². The number of esters is 2. The average molecular weight is 443 g/mol. The Morgan fingerprint density at radius 1 is 0.903 bits per heavy atom. The summed E-state index contributed by atoms with van der Waals surface area (Å²) in [5.41, 5.74) is 0.880. The highest BCUT2D eigenvalue weighted by molar-refractivity contribution is 6.53. The van der Waals surface area contributed by atoms with E-state index in [0.717, 1.165) is 4.90 Å². The summed E-state index contributed by atoms with van der Waals surface area (Å²) in [6, 6.07) is 12.2. The van der Waals surface area contributed by atoms with Crippen LogP contribution >= 0.6 is 11.6 Å². The van der Waals surface area contributed by atoms with Crippen LogP contribution in [0.1, 0.15) is 34.6 Å². The molecule has 160 valence electrons.